The van der Waals surface area contributed by atoms with E-state index in [9.17, 15) is 4.79 Å². The molecule has 0 aliphatic carbocycles. The molecule has 0 fully saturated rings. The molecular formula is C23H24ClN3OS. The number of aromatic nitrogens is 1. The molecule has 0 atom stereocenters. The van der Waals surface area contributed by atoms with Crippen LogP contribution in [0, 0.1) is 20.8 Å². The van der Waals surface area contributed by atoms with Crippen LogP contribution < -0.4 is 5.43 Å². The number of carbonyl (C=O) groups excluding carboxylic acids is 1. The zero-order valence-electron chi connectivity index (χ0n) is 16.8. The highest BCUT2D eigenvalue weighted by Gasteiger charge is 2.09. The minimum absolute atomic E-state index is 0.102. The molecule has 6 heteroatoms. The lowest BCUT2D eigenvalue weighted by atomic mass is 10.2. The quantitative estimate of drug-likeness (QED) is 0.300. The summed E-state index contributed by atoms with van der Waals surface area (Å²) in [4.78, 5) is 13.1. The van der Waals surface area contributed by atoms with Crippen molar-refractivity contribution in [3.63, 3.8) is 0 Å². The van der Waals surface area contributed by atoms with Gasteiger partial charge in [0.25, 0.3) is 0 Å². The standard InChI is InChI=1S/C23H24ClN3OS/c1-16-5-4-6-21(13-16)27-17(2)14-19(18(27)3)15-25-26-23(28)11-12-29-22-9-7-20(24)8-10-22/h4-10,13-15H,11-12H2,1-3H3,(H,26,28)/b25-15-. The Labute approximate surface area is 181 Å². The van der Waals surface area contributed by atoms with Gasteiger partial charge in [-0.3, -0.25) is 4.79 Å². The third kappa shape index (κ3) is 5.75. The Morgan fingerprint density at radius 1 is 1.14 bits per heavy atom. The first-order valence-electron chi connectivity index (χ1n) is 9.40. The zero-order chi connectivity index (χ0) is 20.8. The average molecular weight is 426 g/mol. The highest BCUT2D eigenvalue weighted by Crippen LogP contribution is 2.21. The van der Waals surface area contributed by atoms with Gasteiger partial charge in [0.1, 0.15) is 0 Å². The summed E-state index contributed by atoms with van der Waals surface area (Å²) in [6.45, 7) is 6.21. The Bertz CT molecular complexity index is 1030. The number of nitrogens with zero attached hydrogens (tertiary/aromatic N) is 2. The van der Waals surface area contributed by atoms with Crippen LogP contribution in [-0.2, 0) is 4.79 Å². The maximum atomic E-state index is 12.0. The highest BCUT2D eigenvalue weighted by molar-refractivity contribution is 7.99. The van der Waals surface area contributed by atoms with Gasteiger partial charge in [0.2, 0.25) is 5.91 Å². The van der Waals surface area contributed by atoms with Gasteiger partial charge < -0.3 is 4.57 Å². The second-order valence-corrected chi connectivity index (χ2v) is 8.45. The number of thioether (sulfide) groups is 1. The van der Waals surface area contributed by atoms with Crippen LogP contribution in [0.4, 0.5) is 0 Å². The molecule has 1 N–H and O–H groups in total. The Kier molecular flexibility index (Phi) is 7.18. The molecule has 0 unspecified atom stereocenters. The van der Waals surface area contributed by atoms with Crippen LogP contribution in [0.3, 0.4) is 0 Å². The van der Waals surface area contributed by atoms with Crippen molar-refractivity contribution in [2.45, 2.75) is 32.1 Å². The predicted octanol–water partition coefficient (Wildman–Crippen LogP) is 5.69. The van der Waals surface area contributed by atoms with E-state index in [2.05, 4.69) is 66.2 Å². The molecule has 150 valence electrons. The number of halogens is 1. The van der Waals surface area contributed by atoms with Gasteiger partial charge in [-0.1, -0.05) is 23.7 Å². The van der Waals surface area contributed by atoms with Crippen molar-refractivity contribution in [3.8, 4) is 5.69 Å². The Balaban J connectivity index is 1.55. The smallest absolute Gasteiger partial charge is 0.240 e. The van der Waals surface area contributed by atoms with Crippen LogP contribution in [0.2, 0.25) is 5.02 Å². The van der Waals surface area contributed by atoms with Crippen LogP contribution in [0.1, 0.15) is 28.9 Å². The molecular weight excluding hydrogens is 402 g/mol. The molecule has 29 heavy (non-hydrogen) atoms. The maximum Gasteiger partial charge on any atom is 0.240 e. The van der Waals surface area contributed by atoms with Crippen molar-refractivity contribution in [2.24, 2.45) is 5.10 Å². The van der Waals surface area contributed by atoms with Gasteiger partial charge in [0.05, 0.1) is 6.21 Å². The number of nitrogens with one attached hydrogen (secondary N) is 1. The Hall–Kier alpha value is -2.50. The summed E-state index contributed by atoms with van der Waals surface area (Å²) in [6.07, 6.45) is 2.10. The third-order valence-electron chi connectivity index (χ3n) is 4.53. The molecule has 1 amide bonds. The van der Waals surface area contributed by atoms with Crippen molar-refractivity contribution in [1.82, 2.24) is 9.99 Å². The van der Waals surface area contributed by atoms with Gasteiger partial charge in [-0.05, 0) is 68.8 Å². The van der Waals surface area contributed by atoms with Gasteiger partial charge in [0.15, 0.2) is 0 Å². The van der Waals surface area contributed by atoms with Gasteiger partial charge in [-0.15, -0.1) is 11.8 Å². The molecule has 2 aromatic carbocycles. The number of carbonyl (C=O) groups is 1. The molecule has 0 saturated carbocycles. The lowest BCUT2D eigenvalue weighted by Gasteiger charge is -2.10. The summed E-state index contributed by atoms with van der Waals surface area (Å²) < 4.78 is 2.19. The average Bonchev–Trinajstić information content (AvgIpc) is 2.97. The van der Waals surface area contributed by atoms with Gasteiger partial charge >= 0.3 is 0 Å². The number of amides is 1. The summed E-state index contributed by atoms with van der Waals surface area (Å²) in [5, 5.41) is 4.85. The summed E-state index contributed by atoms with van der Waals surface area (Å²) in [5.41, 5.74) is 8.16. The number of hydrogen-bond donors (Lipinski definition) is 1. The summed E-state index contributed by atoms with van der Waals surface area (Å²) >= 11 is 7.50. The van der Waals surface area contributed by atoms with Crippen LogP contribution in [0.25, 0.3) is 5.69 Å². The number of rotatable bonds is 7. The van der Waals surface area contributed by atoms with Crippen LogP contribution in [0.15, 0.2) is 64.6 Å². The molecule has 0 radical (unpaired) electrons. The van der Waals surface area contributed by atoms with Crippen LogP contribution in [0.5, 0.6) is 0 Å². The second kappa shape index (κ2) is 9.81. The van der Waals surface area contributed by atoms with E-state index in [0.717, 1.165) is 27.5 Å². The SMILES string of the molecule is Cc1cccc(-n2c(C)cc(/C=N\NC(=O)CCSc3ccc(Cl)cc3)c2C)c1. The van der Waals surface area contributed by atoms with Crippen LogP contribution in [-0.4, -0.2) is 22.4 Å². The van der Waals surface area contributed by atoms with Crippen molar-refractivity contribution in [1.29, 1.82) is 0 Å². The van der Waals surface area contributed by atoms with Crippen molar-refractivity contribution >= 4 is 35.5 Å². The minimum atomic E-state index is -0.102. The zero-order valence-corrected chi connectivity index (χ0v) is 18.3. The fourth-order valence-electron chi connectivity index (χ4n) is 3.10. The molecule has 0 spiro atoms. The molecule has 1 aromatic heterocycles. The predicted molar refractivity (Wildman–Crippen MR) is 123 cm³/mol. The van der Waals surface area contributed by atoms with Crippen molar-refractivity contribution in [3.05, 3.63) is 82.1 Å². The topological polar surface area (TPSA) is 46.4 Å². The first kappa shape index (κ1) is 21.2. The monoisotopic (exact) mass is 425 g/mol. The van der Waals surface area contributed by atoms with E-state index in [0.29, 0.717) is 17.2 Å². The lowest BCUT2D eigenvalue weighted by molar-refractivity contribution is -0.120. The summed E-state index contributed by atoms with van der Waals surface area (Å²) in [6, 6.07) is 18.1. The number of aryl methyl sites for hydroxylation is 2. The van der Waals surface area contributed by atoms with E-state index in [4.69, 9.17) is 11.6 Å². The maximum absolute atomic E-state index is 12.0. The lowest BCUT2D eigenvalue weighted by Crippen LogP contribution is -2.17. The summed E-state index contributed by atoms with van der Waals surface area (Å²) in [5.74, 6) is 0.584. The molecule has 0 aliphatic rings. The minimum Gasteiger partial charge on any atom is -0.318 e. The molecule has 3 aromatic rings. The first-order chi connectivity index (χ1) is 13.9. The normalized spacial score (nSPS) is 11.2. The van der Waals surface area contributed by atoms with Gasteiger partial charge in [-0.25, -0.2) is 5.43 Å². The molecule has 1 heterocycles. The number of benzene rings is 2. The van der Waals surface area contributed by atoms with Crippen molar-refractivity contribution < 1.29 is 4.79 Å². The molecule has 0 saturated heterocycles. The van der Waals surface area contributed by atoms with E-state index in [1.165, 1.54) is 5.56 Å². The van der Waals surface area contributed by atoms with Crippen LogP contribution >= 0.6 is 23.4 Å². The fourth-order valence-corrected chi connectivity index (χ4v) is 4.08. The Morgan fingerprint density at radius 2 is 1.90 bits per heavy atom. The van der Waals surface area contributed by atoms with Gasteiger partial charge in [-0.2, -0.15) is 5.10 Å². The first-order valence-corrected chi connectivity index (χ1v) is 10.8. The Morgan fingerprint density at radius 3 is 2.62 bits per heavy atom. The highest BCUT2D eigenvalue weighted by atomic mass is 35.5. The summed E-state index contributed by atoms with van der Waals surface area (Å²) in [7, 11) is 0. The fraction of sp³-hybridized carbons (Fsp3) is 0.217. The number of hydrazone groups is 1. The largest absolute Gasteiger partial charge is 0.318 e. The van der Waals surface area contributed by atoms with E-state index in [1.54, 1.807) is 18.0 Å². The van der Waals surface area contributed by atoms with E-state index < -0.39 is 0 Å². The van der Waals surface area contributed by atoms with E-state index >= 15 is 0 Å². The number of hydrogen-bond acceptors (Lipinski definition) is 3. The van der Waals surface area contributed by atoms with E-state index in [-0.39, 0.29) is 5.91 Å². The second-order valence-electron chi connectivity index (χ2n) is 6.85. The molecule has 0 aliphatic heterocycles. The molecule has 3 rings (SSSR count). The van der Waals surface area contributed by atoms with Crippen molar-refractivity contribution in [2.75, 3.05) is 5.75 Å². The third-order valence-corrected chi connectivity index (χ3v) is 5.80. The van der Waals surface area contributed by atoms with Gasteiger partial charge in [0, 0.05) is 44.7 Å². The molecule has 4 nitrogen and oxygen atoms in total. The molecule has 0 bridgehead atoms. The van der Waals surface area contributed by atoms with E-state index in [1.807, 2.05) is 24.3 Å².